The lowest BCUT2D eigenvalue weighted by atomic mass is 10.2. The minimum Gasteiger partial charge on any atom is -0.320 e. The van der Waals surface area contributed by atoms with Gasteiger partial charge in [0.25, 0.3) is 0 Å². The standard InChI is InChI=1S/C8H8Br2N2/c9-5-3-6(10)7(12-4-5)8(11)1-2-8/h3-4H,1-2,11H2. The second-order valence-corrected chi connectivity index (χ2v) is 4.91. The second-order valence-electron chi connectivity index (χ2n) is 3.14. The van der Waals surface area contributed by atoms with Crippen LogP contribution in [0.3, 0.4) is 0 Å². The van der Waals surface area contributed by atoms with Gasteiger partial charge in [-0.3, -0.25) is 4.98 Å². The highest BCUT2D eigenvalue weighted by molar-refractivity contribution is 9.11. The van der Waals surface area contributed by atoms with Gasteiger partial charge in [0.2, 0.25) is 0 Å². The van der Waals surface area contributed by atoms with Crippen LogP contribution < -0.4 is 5.73 Å². The summed E-state index contributed by atoms with van der Waals surface area (Å²) in [4.78, 5) is 4.29. The first kappa shape index (κ1) is 8.66. The number of nitrogens with zero attached hydrogens (tertiary/aromatic N) is 1. The van der Waals surface area contributed by atoms with Crippen LogP contribution in [-0.4, -0.2) is 4.98 Å². The third kappa shape index (κ3) is 1.43. The topological polar surface area (TPSA) is 38.9 Å². The third-order valence-corrected chi connectivity index (χ3v) is 3.11. The molecule has 0 unspecified atom stereocenters. The van der Waals surface area contributed by atoms with Crippen LogP contribution in [0.15, 0.2) is 21.2 Å². The fourth-order valence-corrected chi connectivity index (χ4v) is 2.53. The Kier molecular flexibility index (Phi) is 2.01. The lowest BCUT2D eigenvalue weighted by molar-refractivity contribution is 0.702. The van der Waals surface area contributed by atoms with E-state index in [1.165, 1.54) is 0 Å². The Morgan fingerprint density at radius 3 is 2.58 bits per heavy atom. The maximum atomic E-state index is 6.01. The van der Waals surface area contributed by atoms with Crippen LogP contribution in [0.5, 0.6) is 0 Å². The zero-order chi connectivity index (χ0) is 8.77. The number of hydrogen-bond donors (Lipinski definition) is 1. The molecule has 64 valence electrons. The summed E-state index contributed by atoms with van der Waals surface area (Å²) in [6, 6.07) is 1.98. The molecular weight excluding hydrogens is 284 g/mol. The van der Waals surface area contributed by atoms with E-state index in [2.05, 4.69) is 36.8 Å². The van der Waals surface area contributed by atoms with Crippen LogP contribution in [0, 0.1) is 0 Å². The van der Waals surface area contributed by atoms with E-state index in [9.17, 15) is 0 Å². The Morgan fingerprint density at radius 2 is 2.08 bits per heavy atom. The quantitative estimate of drug-likeness (QED) is 0.864. The van der Waals surface area contributed by atoms with Crippen LogP contribution in [0.1, 0.15) is 18.5 Å². The molecule has 2 rings (SSSR count). The Bertz CT molecular complexity index is 321. The van der Waals surface area contributed by atoms with E-state index >= 15 is 0 Å². The van der Waals surface area contributed by atoms with Crippen molar-refractivity contribution in [3.05, 3.63) is 26.9 Å². The lowest BCUT2D eigenvalue weighted by Gasteiger charge is -2.09. The van der Waals surface area contributed by atoms with Gasteiger partial charge >= 0.3 is 0 Å². The smallest absolute Gasteiger partial charge is 0.0744 e. The largest absolute Gasteiger partial charge is 0.320 e. The predicted molar refractivity (Wildman–Crippen MR) is 54.7 cm³/mol. The first-order chi connectivity index (χ1) is 5.62. The van der Waals surface area contributed by atoms with Gasteiger partial charge in [0.1, 0.15) is 0 Å². The molecule has 1 saturated carbocycles. The van der Waals surface area contributed by atoms with Crippen molar-refractivity contribution in [1.82, 2.24) is 4.98 Å². The SMILES string of the molecule is NC1(c2ncc(Br)cc2Br)CC1. The van der Waals surface area contributed by atoms with Crippen molar-refractivity contribution in [2.75, 3.05) is 0 Å². The van der Waals surface area contributed by atoms with Gasteiger partial charge in [-0.25, -0.2) is 0 Å². The molecule has 2 N–H and O–H groups in total. The molecule has 1 aromatic rings. The van der Waals surface area contributed by atoms with Crippen molar-refractivity contribution in [3.8, 4) is 0 Å². The van der Waals surface area contributed by atoms with E-state index in [-0.39, 0.29) is 5.54 Å². The predicted octanol–water partition coefficient (Wildman–Crippen LogP) is 2.55. The zero-order valence-electron chi connectivity index (χ0n) is 6.35. The molecule has 4 heteroatoms. The summed E-state index contributed by atoms with van der Waals surface area (Å²) in [5, 5.41) is 0. The van der Waals surface area contributed by atoms with Crippen molar-refractivity contribution in [1.29, 1.82) is 0 Å². The fourth-order valence-electron chi connectivity index (χ4n) is 1.15. The Morgan fingerprint density at radius 1 is 1.42 bits per heavy atom. The number of aromatic nitrogens is 1. The second kappa shape index (κ2) is 2.79. The average Bonchev–Trinajstić information content (AvgIpc) is 2.68. The highest BCUT2D eigenvalue weighted by Crippen LogP contribution is 2.44. The number of nitrogens with two attached hydrogens (primary N) is 1. The summed E-state index contributed by atoms with van der Waals surface area (Å²) in [5.41, 5.74) is 6.84. The van der Waals surface area contributed by atoms with Crippen LogP contribution in [0.25, 0.3) is 0 Å². The molecule has 1 aliphatic rings. The summed E-state index contributed by atoms with van der Waals surface area (Å²) >= 11 is 6.80. The lowest BCUT2D eigenvalue weighted by Crippen LogP contribution is -2.20. The number of rotatable bonds is 1. The molecule has 2 nitrogen and oxygen atoms in total. The van der Waals surface area contributed by atoms with Crippen LogP contribution in [0.2, 0.25) is 0 Å². The van der Waals surface area contributed by atoms with E-state index in [0.29, 0.717) is 0 Å². The van der Waals surface area contributed by atoms with Gasteiger partial charge in [-0.05, 0) is 50.8 Å². The molecular formula is C8H8Br2N2. The summed E-state index contributed by atoms with van der Waals surface area (Å²) in [6.07, 6.45) is 3.87. The fraction of sp³-hybridized carbons (Fsp3) is 0.375. The van der Waals surface area contributed by atoms with Crippen molar-refractivity contribution in [3.63, 3.8) is 0 Å². The van der Waals surface area contributed by atoms with Crippen molar-refractivity contribution < 1.29 is 0 Å². The van der Waals surface area contributed by atoms with E-state index in [4.69, 9.17) is 5.73 Å². The minimum atomic E-state index is -0.153. The molecule has 0 amide bonds. The molecule has 12 heavy (non-hydrogen) atoms. The Hall–Kier alpha value is 0.0700. The van der Waals surface area contributed by atoms with Crippen LogP contribution in [-0.2, 0) is 5.54 Å². The molecule has 0 bridgehead atoms. The Labute approximate surface area is 87.8 Å². The van der Waals surface area contributed by atoms with Gasteiger partial charge in [-0.2, -0.15) is 0 Å². The summed E-state index contributed by atoms with van der Waals surface area (Å²) in [7, 11) is 0. The van der Waals surface area contributed by atoms with Gasteiger partial charge in [0.15, 0.2) is 0 Å². The summed E-state index contributed by atoms with van der Waals surface area (Å²) in [6.45, 7) is 0. The molecule has 0 radical (unpaired) electrons. The van der Waals surface area contributed by atoms with Gasteiger partial charge < -0.3 is 5.73 Å². The monoisotopic (exact) mass is 290 g/mol. The van der Waals surface area contributed by atoms with E-state index in [0.717, 1.165) is 27.5 Å². The zero-order valence-corrected chi connectivity index (χ0v) is 9.52. The number of pyridine rings is 1. The molecule has 1 aliphatic carbocycles. The molecule has 1 fully saturated rings. The number of halogens is 2. The van der Waals surface area contributed by atoms with E-state index < -0.39 is 0 Å². The number of hydrogen-bond acceptors (Lipinski definition) is 2. The molecule has 0 aromatic carbocycles. The van der Waals surface area contributed by atoms with Gasteiger partial charge in [-0.1, -0.05) is 0 Å². The van der Waals surface area contributed by atoms with E-state index in [1.807, 2.05) is 6.07 Å². The minimum absolute atomic E-state index is 0.153. The van der Waals surface area contributed by atoms with Crippen molar-refractivity contribution >= 4 is 31.9 Å². The molecule has 0 atom stereocenters. The molecule has 0 saturated heterocycles. The first-order valence-electron chi connectivity index (χ1n) is 3.72. The van der Waals surface area contributed by atoms with Crippen LogP contribution >= 0.6 is 31.9 Å². The average molecular weight is 292 g/mol. The summed E-state index contributed by atoms with van der Waals surface area (Å²) < 4.78 is 1.97. The molecule has 1 aromatic heterocycles. The van der Waals surface area contributed by atoms with Crippen molar-refractivity contribution in [2.45, 2.75) is 18.4 Å². The van der Waals surface area contributed by atoms with Gasteiger partial charge in [-0.15, -0.1) is 0 Å². The highest BCUT2D eigenvalue weighted by Gasteiger charge is 2.42. The molecule has 0 spiro atoms. The first-order valence-corrected chi connectivity index (χ1v) is 5.31. The molecule has 1 heterocycles. The van der Waals surface area contributed by atoms with Crippen molar-refractivity contribution in [2.24, 2.45) is 5.73 Å². The maximum Gasteiger partial charge on any atom is 0.0744 e. The Balaban J connectivity index is 2.45. The molecule has 0 aliphatic heterocycles. The normalized spacial score (nSPS) is 19.2. The van der Waals surface area contributed by atoms with E-state index in [1.54, 1.807) is 6.20 Å². The third-order valence-electron chi connectivity index (χ3n) is 2.07. The van der Waals surface area contributed by atoms with Crippen LogP contribution in [0.4, 0.5) is 0 Å². The van der Waals surface area contributed by atoms with Gasteiger partial charge in [0.05, 0.1) is 11.2 Å². The highest BCUT2D eigenvalue weighted by atomic mass is 79.9. The maximum absolute atomic E-state index is 6.01. The van der Waals surface area contributed by atoms with Gasteiger partial charge in [0, 0.05) is 15.1 Å². The summed E-state index contributed by atoms with van der Waals surface area (Å²) in [5.74, 6) is 0.